The second-order valence-electron chi connectivity index (χ2n) is 5.29. The maximum absolute atomic E-state index is 12.0. The number of anilines is 2. The molecule has 2 amide bonds. The molecular weight excluding hydrogens is 368 g/mol. The van der Waals surface area contributed by atoms with Gasteiger partial charge in [0.1, 0.15) is 23.0 Å². The van der Waals surface area contributed by atoms with Crippen LogP contribution in [-0.4, -0.2) is 40.3 Å². The highest BCUT2D eigenvalue weighted by atomic mass is 16.5. The number of hydrogen-bond acceptors (Lipinski definition) is 8. The Morgan fingerprint density at radius 3 is 1.36 bits per heavy atom. The van der Waals surface area contributed by atoms with Gasteiger partial charge in [-0.2, -0.15) is 0 Å². The minimum absolute atomic E-state index is 0.432. The van der Waals surface area contributed by atoms with Crippen molar-refractivity contribution in [3.8, 4) is 23.0 Å². The van der Waals surface area contributed by atoms with Gasteiger partial charge in [-0.15, -0.1) is 0 Å². The highest BCUT2D eigenvalue weighted by Crippen LogP contribution is 2.29. The van der Waals surface area contributed by atoms with Crippen molar-refractivity contribution in [1.82, 2.24) is 10.9 Å². The highest BCUT2D eigenvalue weighted by molar-refractivity contribution is 6.35. The van der Waals surface area contributed by atoms with Crippen LogP contribution < -0.4 is 40.7 Å². The van der Waals surface area contributed by atoms with Crippen molar-refractivity contribution in [1.29, 1.82) is 0 Å². The smallest absolute Gasteiger partial charge is 0.329 e. The third-order valence-corrected chi connectivity index (χ3v) is 3.65. The minimum atomic E-state index is -0.919. The van der Waals surface area contributed by atoms with Gasteiger partial charge in [-0.25, -0.2) is 0 Å². The van der Waals surface area contributed by atoms with E-state index in [1.165, 1.54) is 28.4 Å². The zero-order chi connectivity index (χ0) is 20.5. The summed E-state index contributed by atoms with van der Waals surface area (Å²) in [4.78, 5) is 23.9. The van der Waals surface area contributed by atoms with Crippen molar-refractivity contribution in [3.63, 3.8) is 0 Å². The number of hydrazine groups is 2. The molecule has 0 saturated heterocycles. The Morgan fingerprint density at radius 1 is 0.643 bits per heavy atom. The molecule has 2 aromatic carbocycles. The van der Waals surface area contributed by atoms with Crippen LogP contribution in [0.25, 0.3) is 0 Å². The molecule has 150 valence electrons. The van der Waals surface area contributed by atoms with Crippen LogP contribution in [0.3, 0.4) is 0 Å². The monoisotopic (exact) mass is 390 g/mol. The maximum atomic E-state index is 12.0. The van der Waals surface area contributed by atoms with E-state index < -0.39 is 11.8 Å². The minimum Gasteiger partial charge on any atom is -0.497 e. The van der Waals surface area contributed by atoms with Crippen LogP contribution in [0.5, 0.6) is 23.0 Å². The van der Waals surface area contributed by atoms with Gasteiger partial charge in [-0.3, -0.25) is 31.3 Å². The predicted molar refractivity (Wildman–Crippen MR) is 103 cm³/mol. The average Bonchev–Trinajstić information content (AvgIpc) is 2.75. The molecule has 0 heterocycles. The van der Waals surface area contributed by atoms with Gasteiger partial charge in [0.15, 0.2) is 0 Å². The van der Waals surface area contributed by atoms with Gasteiger partial charge >= 0.3 is 11.8 Å². The first-order valence-corrected chi connectivity index (χ1v) is 8.08. The highest BCUT2D eigenvalue weighted by Gasteiger charge is 2.15. The van der Waals surface area contributed by atoms with Crippen molar-refractivity contribution in [3.05, 3.63) is 36.4 Å². The zero-order valence-electron chi connectivity index (χ0n) is 15.9. The molecule has 2 rings (SSSR count). The predicted octanol–water partition coefficient (Wildman–Crippen LogP) is 1.31. The second-order valence-corrected chi connectivity index (χ2v) is 5.29. The summed E-state index contributed by atoms with van der Waals surface area (Å²) >= 11 is 0. The van der Waals surface area contributed by atoms with Crippen LogP contribution in [0, 0.1) is 0 Å². The molecule has 0 atom stereocenters. The molecule has 0 aromatic heterocycles. The van der Waals surface area contributed by atoms with Gasteiger partial charge in [-0.05, 0) is 24.3 Å². The second kappa shape index (κ2) is 9.76. The number of ether oxygens (including phenoxy) is 4. The normalized spacial score (nSPS) is 9.71. The van der Waals surface area contributed by atoms with Gasteiger partial charge in [-0.1, -0.05) is 0 Å². The standard InChI is InChI=1S/C18H22N4O6/c1-25-11-5-7-13(15(9-11)27-3)19-21-17(23)18(24)22-20-14-8-6-12(26-2)10-16(14)28-4/h5-10,19-20H,1-4H3,(H,21,23)(H,22,24). The molecule has 10 nitrogen and oxygen atoms in total. The van der Waals surface area contributed by atoms with E-state index in [4.69, 9.17) is 18.9 Å². The molecule has 0 saturated carbocycles. The largest absolute Gasteiger partial charge is 0.497 e. The van der Waals surface area contributed by atoms with Gasteiger partial charge in [0.25, 0.3) is 0 Å². The summed E-state index contributed by atoms with van der Waals surface area (Å²) in [5, 5.41) is 0. The average molecular weight is 390 g/mol. The van der Waals surface area contributed by atoms with E-state index in [2.05, 4.69) is 21.7 Å². The Kier molecular flexibility index (Phi) is 7.14. The molecular formula is C18H22N4O6. The van der Waals surface area contributed by atoms with Crippen molar-refractivity contribution >= 4 is 23.2 Å². The number of nitrogens with one attached hydrogen (secondary N) is 4. The molecule has 0 aliphatic heterocycles. The third-order valence-electron chi connectivity index (χ3n) is 3.65. The lowest BCUT2D eigenvalue weighted by Crippen LogP contribution is -2.44. The fourth-order valence-corrected chi connectivity index (χ4v) is 2.17. The lowest BCUT2D eigenvalue weighted by Gasteiger charge is -2.14. The number of amides is 2. The topological polar surface area (TPSA) is 119 Å². The summed E-state index contributed by atoms with van der Waals surface area (Å²) in [7, 11) is 6.00. The fraction of sp³-hybridized carbons (Fsp3) is 0.222. The first-order valence-electron chi connectivity index (χ1n) is 8.08. The summed E-state index contributed by atoms with van der Waals surface area (Å²) in [6.07, 6.45) is 0. The lowest BCUT2D eigenvalue weighted by atomic mass is 10.3. The van der Waals surface area contributed by atoms with E-state index in [1.807, 2.05) is 0 Å². The zero-order valence-corrected chi connectivity index (χ0v) is 15.9. The molecule has 10 heteroatoms. The maximum Gasteiger partial charge on any atom is 0.329 e. The summed E-state index contributed by atoms with van der Waals surface area (Å²) < 4.78 is 20.6. The van der Waals surface area contributed by atoms with E-state index in [9.17, 15) is 9.59 Å². The number of benzene rings is 2. The van der Waals surface area contributed by atoms with Gasteiger partial charge in [0.2, 0.25) is 0 Å². The van der Waals surface area contributed by atoms with Crippen LogP contribution in [0.4, 0.5) is 11.4 Å². The molecule has 0 fully saturated rings. The van der Waals surface area contributed by atoms with E-state index in [1.54, 1.807) is 36.4 Å². The molecule has 28 heavy (non-hydrogen) atoms. The fourth-order valence-electron chi connectivity index (χ4n) is 2.17. The van der Waals surface area contributed by atoms with Crippen LogP contribution in [-0.2, 0) is 9.59 Å². The number of carbonyl (C=O) groups excluding carboxylic acids is 2. The summed E-state index contributed by atoms with van der Waals surface area (Å²) in [5.74, 6) is 0.200. The summed E-state index contributed by atoms with van der Waals surface area (Å²) in [5.41, 5.74) is 10.7. The first-order chi connectivity index (χ1) is 13.5. The third kappa shape index (κ3) is 5.10. The Hall–Kier alpha value is -3.82. The molecule has 4 N–H and O–H groups in total. The molecule has 0 aliphatic carbocycles. The lowest BCUT2D eigenvalue weighted by molar-refractivity contribution is -0.138. The van der Waals surface area contributed by atoms with Crippen molar-refractivity contribution in [2.75, 3.05) is 39.3 Å². The van der Waals surface area contributed by atoms with Gasteiger partial charge in [0, 0.05) is 12.1 Å². The number of carbonyl (C=O) groups is 2. The van der Waals surface area contributed by atoms with Crippen LogP contribution in [0.15, 0.2) is 36.4 Å². The number of methoxy groups -OCH3 is 4. The van der Waals surface area contributed by atoms with Crippen LogP contribution in [0.1, 0.15) is 0 Å². The van der Waals surface area contributed by atoms with E-state index in [-0.39, 0.29) is 0 Å². The quantitative estimate of drug-likeness (QED) is 0.393. The summed E-state index contributed by atoms with van der Waals surface area (Å²) in [6, 6.07) is 9.88. The van der Waals surface area contributed by atoms with E-state index >= 15 is 0 Å². The molecule has 0 radical (unpaired) electrons. The van der Waals surface area contributed by atoms with Gasteiger partial charge < -0.3 is 18.9 Å². The van der Waals surface area contributed by atoms with Crippen LogP contribution >= 0.6 is 0 Å². The Morgan fingerprint density at radius 2 is 1.04 bits per heavy atom. The number of rotatable bonds is 8. The van der Waals surface area contributed by atoms with E-state index in [0.717, 1.165) is 0 Å². The summed E-state index contributed by atoms with van der Waals surface area (Å²) in [6.45, 7) is 0. The van der Waals surface area contributed by atoms with Crippen LogP contribution in [0.2, 0.25) is 0 Å². The first kappa shape index (κ1) is 20.5. The molecule has 2 aromatic rings. The van der Waals surface area contributed by atoms with Crippen molar-refractivity contribution in [2.45, 2.75) is 0 Å². The van der Waals surface area contributed by atoms with Gasteiger partial charge in [0.05, 0.1) is 39.8 Å². The Balaban J connectivity index is 1.92. The molecule has 0 unspecified atom stereocenters. The number of hydrogen-bond donors (Lipinski definition) is 4. The SMILES string of the molecule is COc1ccc(NNC(=O)C(=O)NNc2ccc(OC)cc2OC)c(OC)c1. The van der Waals surface area contributed by atoms with Crippen molar-refractivity contribution < 1.29 is 28.5 Å². The van der Waals surface area contributed by atoms with Crippen molar-refractivity contribution in [2.24, 2.45) is 0 Å². The molecule has 0 spiro atoms. The van der Waals surface area contributed by atoms with E-state index in [0.29, 0.717) is 34.4 Å². The Labute approximate surface area is 162 Å². The Bertz CT molecular complexity index is 773. The molecule has 0 aliphatic rings. The molecule has 0 bridgehead atoms.